The molecule has 0 aliphatic rings. The van der Waals surface area contributed by atoms with Crippen LogP contribution < -0.4 is 5.73 Å². The number of benzene rings is 1. The summed E-state index contributed by atoms with van der Waals surface area (Å²) in [5, 5.41) is 8.54. The van der Waals surface area contributed by atoms with Gasteiger partial charge in [0.05, 0.1) is 0 Å². The van der Waals surface area contributed by atoms with Crippen molar-refractivity contribution in [2.75, 3.05) is 5.75 Å². The number of hydrogen-bond acceptors (Lipinski definition) is 3. The highest BCUT2D eigenvalue weighted by atomic mass is 32.2. The van der Waals surface area contributed by atoms with Crippen molar-refractivity contribution >= 4 is 16.8 Å². The van der Waals surface area contributed by atoms with Gasteiger partial charge in [0.1, 0.15) is 6.04 Å². The highest BCUT2D eigenvalue weighted by molar-refractivity contribution is 7.84. The first-order valence-corrected chi connectivity index (χ1v) is 5.95. The second kappa shape index (κ2) is 5.63. The fraction of sp³-hybridized carbons (Fsp3) is 0.300. The molecule has 0 saturated heterocycles. The molecule has 1 aromatic carbocycles. The molecule has 0 fully saturated rings. The lowest BCUT2D eigenvalue weighted by molar-refractivity contribution is -0.137. The van der Waals surface area contributed by atoms with Crippen LogP contribution in [0.5, 0.6) is 0 Å². The Hall–Kier alpha value is -1.20. The standard InChI is InChI=1S/C10H13NO3S/c11-9(10(12)13)7-15(14)6-8-4-2-1-3-5-8/h1-5,9H,6-7,11H2,(H,12,13)/t9-,15?/m0/s1. The molecule has 82 valence electrons. The van der Waals surface area contributed by atoms with Crippen LogP contribution in [0.25, 0.3) is 0 Å². The van der Waals surface area contributed by atoms with Crippen LogP contribution in [0, 0.1) is 0 Å². The number of carboxylic acid groups (broad SMARTS) is 1. The molecule has 0 bridgehead atoms. The van der Waals surface area contributed by atoms with Crippen LogP contribution in [0.1, 0.15) is 5.56 Å². The summed E-state index contributed by atoms with van der Waals surface area (Å²) in [6.45, 7) is 0. The van der Waals surface area contributed by atoms with E-state index in [9.17, 15) is 9.00 Å². The van der Waals surface area contributed by atoms with E-state index in [-0.39, 0.29) is 5.75 Å². The third-order valence-corrected chi connectivity index (χ3v) is 3.24. The lowest BCUT2D eigenvalue weighted by atomic mass is 10.2. The number of rotatable bonds is 5. The summed E-state index contributed by atoms with van der Waals surface area (Å²) in [4.78, 5) is 10.4. The van der Waals surface area contributed by atoms with Gasteiger partial charge < -0.3 is 10.8 Å². The fourth-order valence-electron chi connectivity index (χ4n) is 1.09. The number of carbonyl (C=O) groups is 1. The van der Waals surface area contributed by atoms with Gasteiger partial charge in [-0.3, -0.25) is 9.00 Å². The predicted molar refractivity (Wildman–Crippen MR) is 58.8 cm³/mol. The third kappa shape index (κ3) is 4.22. The van der Waals surface area contributed by atoms with Gasteiger partial charge in [-0.15, -0.1) is 0 Å². The average Bonchev–Trinajstić information content (AvgIpc) is 2.18. The molecular weight excluding hydrogens is 214 g/mol. The molecule has 3 N–H and O–H groups in total. The van der Waals surface area contributed by atoms with E-state index in [2.05, 4.69) is 0 Å². The number of hydrogen-bond donors (Lipinski definition) is 2. The van der Waals surface area contributed by atoms with E-state index >= 15 is 0 Å². The largest absolute Gasteiger partial charge is 0.480 e. The highest BCUT2D eigenvalue weighted by Gasteiger charge is 2.15. The van der Waals surface area contributed by atoms with Crippen molar-refractivity contribution in [2.45, 2.75) is 11.8 Å². The minimum atomic E-state index is -1.23. The smallest absolute Gasteiger partial charge is 0.321 e. The van der Waals surface area contributed by atoms with Gasteiger partial charge in [-0.1, -0.05) is 30.3 Å². The molecule has 2 atom stereocenters. The molecule has 5 heteroatoms. The molecule has 0 saturated carbocycles. The lowest BCUT2D eigenvalue weighted by Crippen LogP contribution is -2.35. The molecule has 0 radical (unpaired) electrons. The monoisotopic (exact) mass is 227 g/mol. The Kier molecular flexibility index (Phi) is 4.45. The third-order valence-electron chi connectivity index (χ3n) is 1.85. The van der Waals surface area contributed by atoms with Crippen molar-refractivity contribution < 1.29 is 14.1 Å². The fourth-order valence-corrected chi connectivity index (χ4v) is 2.32. The zero-order valence-corrected chi connectivity index (χ0v) is 8.94. The molecule has 0 aliphatic carbocycles. The van der Waals surface area contributed by atoms with Crippen molar-refractivity contribution in [3.63, 3.8) is 0 Å². The van der Waals surface area contributed by atoms with E-state index < -0.39 is 22.8 Å². The van der Waals surface area contributed by atoms with E-state index in [1.54, 1.807) is 0 Å². The van der Waals surface area contributed by atoms with E-state index in [1.807, 2.05) is 30.3 Å². The Labute approximate surface area is 90.6 Å². The van der Waals surface area contributed by atoms with E-state index in [4.69, 9.17) is 10.8 Å². The predicted octanol–water partition coefficient (Wildman–Crippen LogP) is 0.347. The molecule has 0 amide bonds. The molecule has 0 aromatic heterocycles. The number of nitrogens with two attached hydrogens (primary N) is 1. The van der Waals surface area contributed by atoms with Gasteiger partial charge in [-0.2, -0.15) is 0 Å². The van der Waals surface area contributed by atoms with Crippen LogP contribution >= 0.6 is 0 Å². The van der Waals surface area contributed by atoms with Gasteiger partial charge in [0.25, 0.3) is 0 Å². The first-order valence-electron chi connectivity index (χ1n) is 4.47. The van der Waals surface area contributed by atoms with Gasteiger partial charge in [0, 0.05) is 22.3 Å². The highest BCUT2D eigenvalue weighted by Crippen LogP contribution is 2.03. The Morgan fingerprint density at radius 1 is 1.40 bits per heavy atom. The molecule has 1 rings (SSSR count). The molecular formula is C10H13NO3S. The quantitative estimate of drug-likeness (QED) is 0.760. The van der Waals surface area contributed by atoms with Crippen molar-refractivity contribution in [2.24, 2.45) is 5.73 Å². The van der Waals surface area contributed by atoms with Crippen molar-refractivity contribution in [3.05, 3.63) is 35.9 Å². The topological polar surface area (TPSA) is 80.4 Å². The maximum absolute atomic E-state index is 11.5. The van der Waals surface area contributed by atoms with E-state index in [0.29, 0.717) is 5.75 Å². The summed E-state index contributed by atoms with van der Waals surface area (Å²) >= 11 is 0. The van der Waals surface area contributed by atoms with Gasteiger partial charge in [0.15, 0.2) is 0 Å². The Morgan fingerprint density at radius 3 is 2.53 bits per heavy atom. The first kappa shape index (κ1) is 11.9. The molecule has 0 heterocycles. The summed E-state index contributed by atoms with van der Waals surface area (Å²) < 4.78 is 11.5. The molecule has 4 nitrogen and oxygen atoms in total. The zero-order chi connectivity index (χ0) is 11.3. The Morgan fingerprint density at radius 2 is 2.00 bits per heavy atom. The minimum Gasteiger partial charge on any atom is -0.480 e. The second-order valence-corrected chi connectivity index (χ2v) is 4.68. The van der Waals surface area contributed by atoms with Crippen LogP contribution in [-0.2, 0) is 21.3 Å². The zero-order valence-electron chi connectivity index (χ0n) is 8.13. The summed E-state index contributed by atoms with van der Waals surface area (Å²) in [6, 6.07) is 8.23. The summed E-state index contributed by atoms with van der Waals surface area (Å²) in [6.07, 6.45) is 0. The first-order chi connectivity index (χ1) is 7.09. The van der Waals surface area contributed by atoms with Gasteiger partial charge in [-0.25, -0.2) is 0 Å². The molecule has 0 spiro atoms. The summed E-state index contributed by atoms with van der Waals surface area (Å²) in [5.41, 5.74) is 6.20. The van der Waals surface area contributed by atoms with Gasteiger partial charge in [0.2, 0.25) is 0 Å². The maximum atomic E-state index is 11.5. The molecule has 0 aliphatic heterocycles. The molecule has 15 heavy (non-hydrogen) atoms. The summed E-state index contributed by atoms with van der Waals surface area (Å²) in [7, 11) is -1.23. The van der Waals surface area contributed by atoms with Gasteiger partial charge in [-0.05, 0) is 5.56 Å². The van der Waals surface area contributed by atoms with Crippen molar-refractivity contribution in [1.29, 1.82) is 0 Å². The number of carboxylic acids is 1. The molecule has 1 aromatic rings. The Bertz CT molecular complexity index is 353. The maximum Gasteiger partial charge on any atom is 0.321 e. The Balaban J connectivity index is 2.47. The van der Waals surface area contributed by atoms with Crippen LogP contribution in [-0.4, -0.2) is 27.1 Å². The second-order valence-electron chi connectivity index (χ2n) is 3.18. The minimum absolute atomic E-state index is 0.00969. The van der Waals surface area contributed by atoms with Crippen LogP contribution in [0.3, 0.4) is 0 Å². The van der Waals surface area contributed by atoms with E-state index in [1.165, 1.54) is 0 Å². The average molecular weight is 227 g/mol. The lowest BCUT2D eigenvalue weighted by Gasteiger charge is -2.06. The number of aliphatic carboxylic acids is 1. The van der Waals surface area contributed by atoms with Gasteiger partial charge >= 0.3 is 5.97 Å². The van der Waals surface area contributed by atoms with Crippen LogP contribution in [0.2, 0.25) is 0 Å². The van der Waals surface area contributed by atoms with Crippen molar-refractivity contribution in [1.82, 2.24) is 0 Å². The SMILES string of the molecule is N[C@@H](CS(=O)Cc1ccccc1)C(=O)O. The van der Waals surface area contributed by atoms with Crippen LogP contribution in [0.4, 0.5) is 0 Å². The molecule has 1 unspecified atom stereocenters. The summed E-state index contributed by atoms with van der Waals surface area (Å²) in [5.74, 6) is -0.775. The van der Waals surface area contributed by atoms with Crippen LogP contribution in [0.15, 0.2) is 30.3 Å². The van der Waals surface area contributed by atoms with Crippen molar-refractivity contribution in [3.8, 4) is 0 Å². The van der Waals surface area contributed by atoms with E-state index in [0.717, 1.165) is 5.56 Å². The normalized spacial score (nSPS) is 14.5.